The van der Waals surface area contributed by atoms with E-state index in [1.165, 1.54) is 0 Å². The molecule has 4 nitrogen and oxygen atoms in total. The first-order chi connectivity index (χ1) is 11.7. The van der Waals surface area contributed by atoms with E-state index in [2.05, 4.69) is 30.4 Å². The zero-order chi connectivity index (χ0) is 16.9. The highest BCUT2D eigenvalue weighted by molar-refractivity contribution is 5.90. The van der Waals surface area contributed by atoms with Crippen LogP contribution in [0.25, 0.3) is 0 Å². The molecule has 1 aliphatic heterocycles. The van der Waals surface area contributed by atoms with Gasteiger partial charge in [-0.15, -0.1) is 0 Å². The van der Waals surface area contributed by atoms with Crippen LogP contribution in [0.5, 0.6) is 5.75 Å². The first-order valence-corrected chi connectivity index (χ1v) is 8.52. The van der Waals surface area contributed by atoms with Gasteiger partial charge in [-0.25, -0.2) is 4.79 Å². The van der Waals surface area contributed by atoms with Crippen molar-refractivity contribution >= 4 is 11.7 Å². The van der Waals surface area contributed by atoms with Crippen molar-refractivity contribution in [3.63, 3.8) is 0 Å². The minimum Gasteiger partial charge on any atom is -0.497 e. The van der Waals surface area contributed by atoms with Crippen LogP contribution < -0.4 is 10.1 Å². The number of benzene rings is 2. The summed E-state index contributed by atoms with van der Waals surface area (Å²) in [6.45, 7) is 2.89. The average molecular weight is 324 g/mol. The molecule has 0 saturated carbocycles. The first kappa shape index (κ1) is 16.4. The summed E-state index contributed by atoms with van der Waals surface area (Å²) in [5, 5.41) is 3.09. The van der Waals surface area contributed by atoms with Gasteiger partial charge >= 0.3 is 6.03 Å². The summed E-state index contributed by atoms with van der Waals surface area (Å²) in [7, 11) is 1.66. The SMILES string of the molecule is CCc1ccccc1NC(=O)N1CCC[C@H]1c1ccc(OC)cc1. The Morgan fingerprint density at radius 2 is 1.96 bits per heavy atom. The number of nitrogens with one attached hydrogen (secondary N) is 1. The second kappa shape index (κ2) is 7.39. The third kappa shape index (κ3) is 3.37. The van der Waals surface area contributed by atoms with Gasteiger partial charge in [0.15, 0.2) is 0 Å². The Bertz CT molecular complexity index is 697. The maximum absolute atomic E-state index is 12.8. The monoisotopic (exact) mass is 324 g/mol. The molecule has 1 atom stereocenters. The van der Waals surface area contributed by atoms with E-state index in [4.69, 9.17) is 4.74 Å². The normalized spacial score (nSPS) is 16.9. The summed E-state index contributed by atoms with van der Waals surface area (Å²) in [6, 6.07) is 16.1. The fraction of sp³-hybridized carbons (Fsp3) is 0.350. The summed E-state index contributed by atoms with van der Waals surface area (Å²) < 4.78 is 5.22. The van der Waals surface area contributed by atoms with Crippen molar-refractivity contribution in [3.05, 3.63) is 59.7 Å². The second-order valence-electron chi connectivity index (χ2n) is 6.07. The molecule has 126 valence electrons. The molecule has 2 aromatic carbocycles. The molecule has 1 aliphatic rings. The maximum Gasteiger partial charge on any atom is 0.322 e. The van der Waals surface area contributed by atoms with Crippen LogP contribution in [0, 0.1) is 0 Å². The number of rotatable bonds is 4. The van der Waals surface area contributed by atoms with E-state index in [1.54, 1.807) is 7.11 Å². The van der Waals surface area contributed by atoms with Gasteiger partial charge in [-0.1, -0.05) is 37.3 Å². The molecule has 1 heterocycles. The van der Waals surface area contributed by atoms with Crippen LogP contribution in [-0.4, -0.2) is 24.6 Å². The number of amides is 2. The Labute approximate surface area is 143 Å². The number of anilines is 1. The number of carbonyl (C=O) groups is 1. The molecule has 1 fully saturated rings. The van der Waals surface area contributed by atoms with Crippen LogP contribution in [0.15, 0.2) is 48.5 Å². The predicted molar refractivity (Wildman–Crippen MR) is 96.5 cm³/mol. The fourth-order valence-corrected chi connectivity index (χ4v) is 3.32. The molecule has 0 unspecified atom stereocenters. The second-order valence-corrected chi connectivity index (χ2v) is 6.07. The molecule has 1 N–H and O–H groups in total. The number of urea groups is 1. The molecule has 0 radical (unpaired) electrons. The minimum atomic E-state index is -0.0192. The van der Waals surface area contributed by atoms with Crippen LogP contribution in [0.2, 0.25) is 0 Å². The number of likely N-dealkylation sites (tertiary alicyclic amines) is 1. The lowest BCUT2D eigenvalue weighted by Crippen LogP contribution is -2.34. The largest absolute Gasteiger partial charge is 0.497 e. The highest BCUT2D eigenvalue weighted by Crippen LogP contribution is 2.33. The highest BCUT2D eigenvalue weighted by atomic mass is 16.5. The lowest BCUT2D eigenvalue weighted by molar-refractivity contribution is 0.207. The Morgan fingerprint density at radius 3 is 2.67 bits per heavy atom. The molecule has 0 bridgehead atoms. The zero-order valence-corrected chi connectivity index (χ0v) is 14.3. The predicted octanol–water partition coefficient (Wildman–Crippen LogP) is 4.63. The summed E-state index contributed by atoms with van der Waals surface area (Å²) in [4.78, 5) is 14.7. The van der Waals surface area contributed by atoms with Crippen molar-refractivity contribution in [1.82, 2.24) is 4.90 Å². The van der Waals surface area contributed by atoms with Crippen LogP contribution >= 0.6 is 0 Å². The highest BCUT2D eigenvalue weighted by Gasteiger charge is 2.30. The van der Waals surface area contributed by atoms with E-state index in [1.807, 2.05) is 35.2 Å². The third-order valence-electron chi connectivity index (χ3n) is 4.65. The van der Waals surface area contributed by atoms with E-state index in [-0.39, 0.29) is 12.1 Å². The van der Waals surface area contributed by atoms with Crippen molar-refractivity contribution in [2.24, 2.45) is 0 Å². The van der Waals surface area contributed by atoms with E-state index < -0.39 is 0 Å². The average Bonchev–Trinajstić information content (AvgIpc) is 3.12. The summed E-state index contributed by atoms with van der Waals surface area (Å²) in [5.74, 6) is 0.838. The van der Waals surface area contributed by atoms with Crippen LogP contribution in [0.4, 0.5) is 10.5 Å². The van der Waals surface area contributed by atoms with Gasteiger partial charge in [0, 0.05) is 12.2 Å². The van der Waals surface area contributed by atoms with E-state index in [0.29, 0.717) is 0 Å². The third-order valence-corrected chi connectivity index (χ3v) is 4.65. The summed E-state index contributed by atoms with van der Waals surface area (Å²) in [5.41, 5.74) is 3.23. The van der Waals surface area contributed by atoms with Gasteiger partial charge in [-0.2, -0.15) is 0 Å². The zero-order valence-electron chi connectivity index (χ0n) is 14.3. The number of aryl methyl sites for hydroxylation is 1. The molecule has 2 aromatic rings. The van der Waals surface area contributed by atoms with Gasteiger partial charge < -0.3 is 15.0 Å². The lowest BCUT2D eigenvalue weighted by atomic mass is 10.0. The fourth-order valence-electron chi connectivity index (χ4n) is 3.32. The molecule has 0 aromatic heterocycles. The van der Waals surface area contributed by atoms with Gasteiger partial charge in [0.1, 0.15) is 5.75 Å². The smallest absolute Gasteiger partial charge is 0.322 e. The van der Waals surface area contributed by atoms with Crippen LogP contribution in [0.1, 0.15) is 36.9 Å². The molecule has 3 rings (SSSR count). The Kier molecular flexibility index (Phi) is 5.04. The van der Waals surface area contributed by atoms with Crippen molar-refractivity contribution in [3.8, 4) is 5.75 Å². The molecule has 1 saturated heterocycles. The molecule has 4 heteroatoms. The number of nitrogens with zero attached hydrogens (tertiary/aromatic N) is 1. The van der Waals surface area contributed by atoms with Crippen molar-refractivity contribution in [1.29, 1.82) is 0 Å². The Morgan fingerprint density at radius 1 is 1.21 bits per heavy atom. The Balaban J connectivity index is 1.75. The number of hydrogen-bond donors (Lipinski definition) is 1. The van der Waals surface area contributed by atoms with Crippen molar-refractivity contribution in [2.75, 3.05) is 19.0 Å². The summed E-state index contributed by atoms with van der Waals surface area (Å²) in [6.07, 6.45) is 2.92. The molecular formula is C20H24N2O2. The number of para-hydroxylation sites is 1. The molecule has 0 aliphatic carbocycles. The van der Waals surface area contributed by atoms with E-state index >= 15 is 0 Å². The van der Waals surface area contributed by atoms with E-state index in [9.17, 15) is 4.79 Å². The summed E-state index contributed by atoms with van der Waals surface area (Å²) >= 11 is 0. The van der Waals surface area contributed by atoms with Crippen molar-refractivity contribution in [2.45, 2.75) is 32.2 Å². The van der Waals surface area contributed by atoms with E-state index in [0.717, 1.165) is 48.4 Å². The van der Waals surface area contributed by atoms with Gasteiger partial charge in [0.05, 0.1) is 13.2 Å². The first-order valence-electron chi connectivity index (χ1n) is 8.52. The number of methoxy groups -OCH3 is 1. The molecule has 2 amide bonds. The van der Waals surface area contributed by atoms with Crippen LogP contribution in [0.3, 0.4) is 0 Å². The number of ether oxygens (including phenoxy) is 1. The topological polar surface area (TPSA) is 41.6 Å². The molecular weight excluding hydrogens is 300 g/mol. The number of hydrogen-bond acceptors (Lipinski definition) is 2. The minimum absolute atomic E-state index is 0.0192. The Hall–Kier alpha value is -2.49. The maximum atomic E-state index is 12.8. The lowest BCUT2D eigenvalue weighted by Gasteiger charge is -2.26. The van der Waals surface area contributed by atoms with Crippen LogP contribution in [-0.2, 0) is 6.42 Å². The van der Waals surface area contributed by atoms with Gasteiger partial charge in [-0.3, -0.25) is 0 Å². The van der Waals surface area contributed by atoms with Gasteiger partial charge in [0.25, 0.3) is 0 Å². The quantitative estimate of drug-likeness (QED) is 0.891. The van der Waals surface area contributed by atoms with Crippen molar-refractivity contribution < 1.29 is 9.53 Å². The standard InChI is InChI=1S/C20H24N2O2/c1-3-15-7-4-5-8-18(15)21-20(23)22-14-6-9-19(22)16-10-12-17(24-2)13-11-16/h4-5,7-8,10-13,19H,3,6,9,14H2,1-2H3,(H,21,23)/t19-/m0/s1. The molecule has 24 heavy (non-hydrogen) atoms. The molecule has 0 spiro atoms. The van der Waals surface area contributed by atoms with Gasteiger partial charge in [0.2, 0.25) is 0 Å². The number of carbonyl (C=O) groups excluding carboxylic acids is 1. The van der Waals surface area contributed by atoms with Gasteiger partial charge in [-0.05, 0) is 48.6 Å².